The van der Waals surface area contributed by atoms with Crippen molar-refractivity contribution in [2.45, 2.75) is 39.2 Å². The van der Waals surface area contributed by atoms with E-state index in [-0.39, 0.29) is 18.6 Å². The van der Waals surface area contributed by atoms with Crippen LogP contribution in [0.3, 0.4) is 0 Å². The van der Waals surface area contributed by atoms with Crippen LogP contribution < -0.4 is 0 Å². The van der Waals surface area contributed by atoms with Gasteiger partial charge in [0.05, 0.1) is 6.04 Å². The second kappa shape index (κ2) is 6.04. The molecule has 1 aromatic carbocycles. The summed E-state index contributed by atoms with van der Waals surface area (Å²) in [6, 6.07) is 9.28. The molecule has 0 aliphatic carbocycles. The number of amides is 1. The molecule has 5 nitrogen and oxygen atoms in total. The van der Waals surface area contributed by atoms with Gasteiger partial charge in [-0.25, -0.2) is 9.63 Å². The second-order valence-corrected chi connectivity index (χ2v) is 4.70. The summed E-state index contributed by atoms with van der Waals surface area (Å²) in [7, 11) is 0. The Kier molecular flexibility index (Phi) is 4.39. The summed E-state index contributed by atoms with van der Waals surface area (Å²) in [5, 5.41) is 10.8. The zero-order valence-corrected chi connectivity index (χ0v) is 11.2. The molecule has 1 saturated heterocycles. The lowest BCUT2D eigenvalue weighted by atomic mass is 10.0. The van der Waals surface area contributed by atoms with Gasteiger partial charge in [0.1, 0.15) is 6.61 Å². The van der Waals surface area contributed by atoms with Gasteiger partial charge in [-0.2, -0.15) is 5.06 Å². The van der Waals surface area contributed by atoms with Crippen LogP contribution in [0, 0.1) is 5.92 Å². The topological polar surface area (TPSA) is 59.0 Å². The maximum Gasteiger partial charge on any atom is 0.434 e. The highest BCUT2D eigenvalue weighted by molar-refractivity contribution is 5.67. The normalized spacial score (nSPS) is 26.5. The van der Waals surface area contributed by atoms with Crippen molar-refractivity contribution in [1.29, 1.82) is 0 Å². The SMILES string of the molecule is CCC1C(C)C(O)ON1C(=O)OCc1ccccc1. The van der Waals surface area contributed by atoms with Crippen molar-refractivity contribution < 1.29 is 19.5 Å². The number of benzene rings is 1. The molecule has 1 aliphatic rings. The van der Waals surface area contributed by atoms with E-state index in [2.05, 4.69) is 0 Å². The van der Waals surface area contributed by atoms with Crippen LogP contribution in [-0.4, -0.2) is 28.6 Å². The molecule has 19 heavy (non-hydrogen) atoms. The Morgan fingerprint density at radius 3 is 2.74 bits per heavy atom. The minimum atomic E-state index is -0.950. The molecule has 5 heteroatoms. The number of hydrogen-bond donors (Lipinski definition) is 1. The van der Waals surface area contributed by atoms with Crippen LogP contribution in [0.4, 0.5) is 4.79 Å². The maximum atomic E-state index is 11.9. The monoisotopic (exact) mass is 265 g/mol. The van der Waals surface area contributed by atoms with Crippen molar-refractivity contribution in [2.24, 2.45) is 5.92 Å². The van der Waals surface area contributed by atoms with E-state index in [0.717, 1.165) is 10.6 Å². The number of nitrogens with zero attached hydrogens (tertiary/aromatic N) is 1. The first kappa shape index (κ1) is 13.8. The predicted octanol–water partition coefficient (Wildman–Crippen LogP) is 2.30. The van der Waals surface area contributed by atoms with E-state index in [1.54, 1.807) is 0 Å². The lowest BCUT2D eigenvalue weighted by Gasteiger charge is -2.21. The quantitative estimate of drug-likeness (QED) is 0.911. The molecule has 1 heterocycles. The van der Waals surface area contributed by atoms with Crippen molar-refractivity contribution in [3.8, 4) is 0 Å². The summed E-state index contributed by atoms with van der Waals surface area (Å²) in [6.45, 7) is 3.99. The standard InChI is InChI=1S/C14H19NO4/c1-3-12-10(2)13(16)19-15(12)14(17)18-9-11-7-5-4-6-8-11/h4-8,10,12-13,16H,3,9H2,1-2H3. The number of carbonyl (C=O) groups excluding carboxylic acids is 1. The molecule has 0 radical (unpaired) electrons. The van der Waals surface area contributed by atoms with Crippen LogP contribution >= 0.6 is 0 Å². The molecule has 1 aromatic rings. The van der Waals surface area contributed by atoms with Crippen LogP contribution in [0.15, 0.2) is 30.3 Å². The minimum absolute atomic E-state index is 0.116. The number of hydrogen-bond acceptors (Lipinski definition) is 4. The van der Waals surface area contributed by atoms with Gasteiger partial charge < -0.3 is 9.84 Å². The van der Waals surface area contributed by atoms with Gasteiger partial charge in [-0.05, 0) is 12.0 Å². The predicted molar refractivity (Wildman–Crippen MR) is 68.8 cm³/mol. The first-order valence-electron chi connectivity index (χ1n) is 6.48. The van der Waals surface area contributed by atoms with E-state index in [4.69, 9.17) is 9.57 Å². The van der Waals surface area contributed by atoms with Gasteiger partial charge in [0.15, 0.2) is 6.29 Å². The summed E-state index contributed by atoms with van der Waals surface area (Å²) < 4.78 is 5.19. The van der Waals surface area contributed by atoms with Gasteiger partial charge in [-0.1, -0.05) is 44.2 Å². The average molecular weight is 265 g/mol. The Morgan fingerprint density at radius 2 is 2.11 bits per heavy atom. The van der Waals surface area contributed by atoms with E-state index < -0.39 is 12.4 Å². The fourth-order valence-electron chi connectivity index (χ4n) is 2.19. The molecule has 1 fully saturated rings. The van der Waals surface area contributed by atoms with Gasteiger partial charge in [-0.3, -0.25) is 0 Å². The van der Waals surface area contributed by atoms with Crippen LogP contribution in [0.5, 0.6) is 0 Å². The number of carbonyl (C=O) groups is 1. The highest BCUT2D eigenvalue weighted by atomic mass is 16.8. The van der Waals surface area contributed by atoms with Crippen LogP contribution in [-0.2, 0) is 16.2 Å². The molecule has 3 atom stereocenters. The van der Waals surface area contributed by atoms with Gasteiger partial charge >= 0.3 is 6.09 Å². The Hall–Kier alpha value is -1.59. The Morgan fingerprint density at radius 1 is 1.42 bits per heavy atom. The molecule has 1 aliphatic heterocycles. The Balaban J connectivity index is 1.93. The number of aliphatic hydroxyl groups is 1. The summed E-state index contributed by atoms with van der Waals surface area (Å²) in [5.41, 5.74) is 0.914. The van der Waals surface area contributed by atoms with E-state index >= 15 is 0 Å². The Labute approximate surface area is 112 Å². The number of aliphatic hydroxyl groups excluding tert-OH is 1. The lowest BCUT2D eigenvalue weighted by molar-refractivity contribution is -0.206. The van der Waals surface area contributed by atoms with Crippen molar-refractivity contribution in [3.63, 3.8) is 0 Å². The average Bonchev–Trinajstić information content (AvgIpc) is 2.73. The van der Waals surface area contributed by atoms with Gasteiger partial charge in [0.25, 0.3) is 0 Å². The highest BCUT2D eigenvalue weighted by Crippen LogP contribution is 2.28. The van der Waals surface area contributed by atoms with Crippen molar-refractivity contribution in [2.75, 3.05) is 0 Å². The first-order valence-corrected chi connectivity index (χ1v) is 6.48. The lowest BCUT2D eigenvalue weighted by Crippen LogP contribution is -2.36. The number of hydroxylamine groups is 2. The third-order valence-electron chi connectivity index (χ3n) is 3.38. The molecule has 0 bridgehead atoms. The molecule has 3 unspecified atom stereocenters. The van der Waals surface area contributed by atoms with Crippen molar-refractivity contribution >= 4 is 6.09 Å². The number of rotatable bonds is 3. The van der Waals surface area contributed by atoms with Crippen molar-refractivity contribution in [3.05, 3.63) is 35.9 Å². The van der Waals surface area contributed by atoms with Gasteiger partial charge in [-0.15, -0.1) is 0 Å². The highest BCUT2D eigenvalue weighted by Gasteiger charge is 2.42. The van der Waals surface area contributed by atoms with Crippen LogP contribution in [0.2, 0.25) is 0 Å². The van der Waals surface area contributed by atoms with E-state index in [1.807, 2.05) is 44.2 Å². The summed E-state index contributed by atoms with van der Waals surface area (Å²) >= 11 is 0. The molecule has 0 aromatic heterocycles. The smallest absolute Gasteiger partial charge is 0.434 e. The molecule has 1 N–H and O–H groups in total. The fourth-order valence-corrected chi connectivity index (χ4v) is 2.19. The maximum absolute atomic E-state index is 11.9. The Bertz CT molecular complexity index is 423. The van der Waals surface area contributed by atoms with E-state index in [9.17, 15) is 9.90 Å². The summed E-state index contributed by atoms with van der Waals surface area (Å²) in [4.78, 5) is 17.1. The minimum Gasteiger partial charge on any atom is -0.443 e. The van der Waals surface area contributed by atoms with Crippen LogP contribution in [0.1, 0.15) is 25.8 Å². The molecule has 2 rings (SSSR count). The fraction of sp³-hybridized carbons (Fsp3) is 0.500. The van der Waals surface area contributed by atoms with Gasteiger partial charge in [0.2, 0.25) is 0 Å². The summed E-state index contributed by atoms with van der Waals surface area (Å²) in [6.07, 6.45) is -0.799. The van der Waals surface area contributed by atoms with Crippen LogP contribution in [0.25, 0.3) is 0 Å². The molecule has 1 amide bonds. The third kappa shape index (κ3) is 3.05. The largest absolute Gasteiger partial charge is 0.443 e. The third-order valence-corrected chi connectivity index (χ3v) is 3.38. The van der Waals surface area contributed by atoms with E-state index in [0.29, 0.717) is 6.42 Å². The molecule has 0 saturated carbocycles. The van der Waals surface area contributed by atoms with Gasteiger partial charge in [0, 0.05) is 5.92 Å². The number of ether oxygens (including phenoxy) is 1. The first-order chi connectivity index (χ1) is 9.13. The molecular formula is C14H19NO4. The van der Waals surface area contributed by atoms with E-state index in [1.165, 1.54) is 0 Å². The molecule has 0 spiro atoms. The zero-order chi connectivity index (χ0) is 13.8. The zero-order valence-electron chi connectivity index (χ0n) is 11.2. The van der Waals surface area contributed by atoms with Crippen molar-refractivity contribution in [1.82, 2.24) is 5.06 Å². The summed E-state index contributed by atoms with van der Waals surface area (Å²) in [5.74, 6) is -0.116. The second-order valence-electron chi connectivity index (χ2n) is 4.70. The molecular weight excluding hydrogens is 246 g/mol. The molecule has 104 valence electrons.